The molecule has 0 radical (unpaired) electrons. The topological polar surface area (TPSA) is 70.8 Å². The van der Waals surface area contributed by atoms with Crippen LogP contribution in [-0.4, -0.2) is 13.1 Å². The van der Waals surface area contributed by atoms with Gasteiger partial charge in [-0.25, -0.2) is 4.39 Å². The maximum atomic E-state index is 13.7. The number of benzene rings is 3. The van der Waals surface area contributed by atoms with E-state index in [0.717, 1.165) is 33.6 Å². The number of hydrogen-bond acceptors (Lipinski definition) is 5. The normalized spacial score (nSPS) is 11.8. The van der Waals surface area contributed by atoms with Crippen LogP contribution in [0.15, 0.2) is 54.6 Å². The number of esters is 1. The van der Waals surface area contributed by atoms with Gasteiger partial charge in [0.25, 0.3) is 0 Å². The Bertz CT molecular complexity index is 1100. The average molecular weight is 407 g/mol. The zero-order chi connectivity index (χ0) is 21.1. The summed E-state index contributed by atoms with van der Waals surface area (Å²) in [5, 5.41) is 0. The molecule has 0 aliphatic carbocycles. The fourth-order valence-electron chi connectivity index (χ4n) is 3.57. The molecule has 0 saturated carbocycles. The number of rotatable bonds is 6. The second-order valence-corrected chi connectivity index (χ2v) is 7.07. The van der Waals surface area contributed by atoms with Crippen molar-refractivity contribution in [1.29, 1.82) is 0 Å². The van der Waals surface area contributed by atoms with Gasteiger partial charge in [0, 0.05) is 29.3 Å². The van der Waals surface area contributed by atoms with Crippen molar-refractivity contribution in [1.82, 2.24) is 0 Å². The van der Waals surface area contributed by atoms with Gasteiger partial charge in [0.2, 0.25) is 0 Å². The number of carbonyl (C=O) groups excluding carboxylic acids is 1. The van der Waals surface area contributed by atoms with Crippen LogP contribution in [0.5, 0.6) is 11.5 Å². The smallest absolute Gasteiger partial charge is 0.310 e. The Morgan fingerprint density at radius 3 is 2.77 bits per heavy atom. The van der Waals surface area contributed by atoms with Gasteiger partial charge in [-0.2, -0.15) is 0 Å². The third-order valence-electron chi connectivity index (χ3n) is 5.14. The quantitative estimate of drug-likeness (QED) is 0.622. The van der Waals surface area contributed by atoms with Crippen LogP contribution in [0.3, 0.4) is 0 Å². The molecule has 0 atom stereocenters. The molecule has 0 aromatic heterocycles. The van der Waals surface area contributed by atoms with E-state index >= 15 is 0 Å². The second-order valence-electron chi connectivity index (χ2n) is 7.07. The Balaban J connectivity index is 1.59. The molecule has 0 fully saturated rings. The third kappa shape index (κ3) is 4.00. The molecule has 0 unspecified atom stereocenters. The zero-order valence-corrected chi connectivity index (χ0v) is 16.6. The Morgan fingerprint density at radius 2 is 1.97 bits per heavy atom. The summed E-state index contributed by atoms with van der Waals surface area (Å²) in [7, 11) is 1.32. The first kappa shape index (κ1) is 19.9. The third-order valence-corrected chi connectivity index (χ3v) is 5.14. The summed E-state index contributed by atoms with van der Waals surface area (Å²) in [6.07, 6.45) is 0.0167. The predicted octanol–water partition coefficient (Wildman–Crippen LogP) is 4.14. The minimum absolute atomic E-state index is 0.0167. The van der Waals surface area contributed by atoms with Crippen molar-refractivity contribution in [2.24, 2.45) is 5.73 Å². The van der Waals surface area contributed by atoms with Gasteiger partial charge in [0.05, 0.1) is 13.5 Å². The fourth-order valence-corrected chi connectivity index (χ4v) is 3.57. The van der Waals surface area contributed by atoms with Gasteiger partial charge in [-0.3, -0.25) is 4.79 Å². The van der Waals surface area contributed by atoms with Crippen molar-refractivity contribution in [3.8, 4) is 22.6 Å². The van der Waals surface area contributed by atoms with Crippen LogP contribution in [0.2, 0.25) is 0 Å². The van der Waals surface area contributed by atoms with Crippen molar-refractivity contribution >= 4 is 5.97 Å². The van der Waals surface area contributed by atoms with E-state index in [1.54, 1.807) is 0 Å². The van der Waals surface area contributed by atoms with Crippen LogP contribution in [0.25, 0.3) is 11.1 Å². The van der Waals surface area contributed by atoms with Crippen molar-refractivity contribution in [2.75, 3.05) is 7.11 Å². The van der Waals surface area contributed by atoms with Crippen LogP contribution >= 0.6 is 0 Å². The first-order valence-electron chi connectivity index (χ1n) is 9.64. The van der Waals surface area contributed by atoms with E-state index in [1.807, 2.05) is 30.3 Å². The molecule has 1 aliphatic rings. The van der Waals surface area contributed by atoms with Gasteiger partial charge >= 0.3 is 5.97 Å². The summed E-state index contributed by atoms with van der Waals surface area (Å²) in [4.78, 5) is 11.6. The summed E-state index contributed by atoms with van der Waals surface area (Å²) in [5.41, 5.74) is 11.5. The Hall–Kier alpha value is -3.38. The number of ether oxygens (including phenoxy) is 3. The highest BCUT2D eigenvalue weighted by atomic mass is 19.1. The van der Waals surface area contributed by atoms with Gasteiger partial charge in [0.15, 0.2) is 0 Å². The molecule has 3 aromatic rings. The summed E-state index contributed by atoms with van der Waals surface area (Å²) in [5.74, 6) is 0.306. The predicted molar refractivity (Wildman–Crippen MR) is 111 cm³/mol. The first-order valence-corrected chi connectivity index (χ1v) is 9.64. The highest BCUT2D eigenvalue weighted by molar-refractivity contribution is 5.77. The molecule has 2 N–H and O–H groups in total. The van der Waals surface area contributed by atoms with Gasteiger partial charge in [-0.1, -0.05) is 36.4 Å². The van der Waals surface area contributed by atoms with Crippen LogP contribution < -0.4 is 15.2 Å². The summed E-state index contributed by atoms with van der Waals surface area (Å²) >= 11 is 0. The SMILES string of the molecule is COC(=O)Cc1ccc(F)cc1OCc1ccc2c(c1)-c1cccc(CN)c1OC2. The minimum atomic E-state index is -0.426. The van der Waals surface area contributed by atoms with Crippen LogP contribution in [0.1, 0.15) is 22.3 Å². The molecule has 0 bridgehead atoms. The van der Waals surface area contributed by atoms with Crippen molar-refractivity contribution in [2.45, 2.75) is 26.2 Å². The molecule has 0 amide bonds. The molecular weight excluding hydrogens is 385 g/mol. The molecule has 30 heavy (non-hydrogen) atoms. The highest BCUT2D eigenvalue weighted by Gasteiger charge is 2.20. The van der Waals surface area contributed by atoms with E-state index in [-0.39, 0.29) is 13.0 Å². The van der Waals surface area contributed by atoms with E-state index in [0.29, 0.717) is 24.5 Å². The van der Waals surface area contributed by atoms with E-state index in [4.69, 9.17) is 19.9 Å². The van der Waals surface area contributed by atoms with E-state index in [9.17, 15) is 9.18 Å². The average Bonchev–Trinajstić information content (AvgIpc) is 2.78. The number of carbonyl (C=O) groups is 1. The molecule has 4 rings (SSSR count). The van der Waals surface area contributed by atoms with Crippen LogP contribution in [0.4, 0.5) is 4.39 Å². The maximum absolute atomic E-state index is 13.7. The molecule has 5 nitrogen and oxygen atoms in total. The number of para-hydroxylation sites is 1. The second kappa shape index (κ2) is 8.55. The molecule has 0 spiro atoms. The van der Waals surface area contributed by atoms with E-state index in [1.165, 1.54) is 25.3 Å². The van der Waals surface area contributed by atoms with E-state index in [2.05, 4.69) is 6.07 Å². The largest absolute Gasteiger partial charge is 0.488 e. The Kier molecular flexibility index (Phi) is 5.68. The molecule has 6 heteroatoms. The van der Waals surface area contributed by atoms with Crippen molar-refractivity contribution < 1.29 is 23.4 Å². The summed E-state index contributed by atoms with van der Waals surface area (Å²) in [6.45, 7) is 1.12. The van der Waals surface area contributed by atoms with Gasteiger partial charge in [-0.15, -0.1) is 0 Å². The maximum Gasteiger partial charge on any atom is 0.310 e. The number of halogens is 1. The lowest BCUT2D eigenvalue weighted by Gasteiger charge is -2.23. The number of fused-ring (bicyclic) bond motifs is 3. The minimum Gasteiger partial charge on any atom is -0.488 e. The van der Waals surface area contributed by atoms with Gasteiger partial charge < -0.3 is 19.9 Å². The number of hydrogen-bond donors (Lipinski definition) is 1. The molecule has 154 valence electrons. The lowest BCUT2D eigenvalue weighted by molar-refractivity contribution is -0.139. The zero-order valence-electron chi connectivity index (χ0n) is 16.6. The number of methoxy groups -OCH3 is 1. The van der Waals surface area contributed by atoms with E-state index < -0.39 is 11.8 Å². The van der Waals surface area contributed by atoms with Crippen molar-refractivity contribution in [3.05, 3.63) is 82.7 Å². The van der Waals surface area contributed by atoms with Crippen LogP contribution in [-0.2, 0) is 35.7 Å². The first-order chi connectivity index (χ1) is 14.6. The highest BCUT2D eigenvalue weighted by Crippen LogP contribution is 2.40. The molecule has 1 aliphatic heterocycles. The van der Waals surface area contributed by atoms with Gasteiger partial charge in [-0.05, 0) is 28.8 Å². The lowest BCUT2D eigenvalue weighted by atomic mass is 9.93. The summed E-state index contributed by atoms with van der Waals surface area (Å²) < 4.78 is 30.2. The fraction of sp³-hybridized carbons (Fsp3) is 0.208. The number of nitrogens with two attached hydrogens (primary N) is 1. The van der Waals surface area contributed by atoms with Crippen molar-refractivity contribution in [3.63, 3.8) is 0 Å². The standard InChI is InChI=1S/C24H22FNO4/c1-28-23(27)10-16-7-8-19(25)11-22(16)29-13-15-5-6-18-14-30-24-17(12-26)3-2-4-20(24)21(18)9-15/h2-9,11H,10,12-14,26H2,1H3. The van der Waals surface area contributed by atoms with Crippen LogP contribution in [0, 0.1) is 5.82 Å². The molecular formula is C24H22FNO4. The Morgan fingerprint density at radius 1 is 1.10 bits per heavy atom. The van der Waals surface area contributed by atoms with Gasteiger partial charge in [0.1, 0.15) is 30.5 Å². The lowest BCUT2D eigenvalue weighted by Crippen LogP contribution is -2.10. The summed E-state index contributed by atoms with van der Waals surface area (Å²) in [6, 6.07) is 16.1. The molecule has 0 saturated heterocycles. The Labute approximate surface area is 174 Å². The monoisotopic (exact) mass is 407 g/mol. The molecule has 1 heterocycles. The molecule has 3 aromatic carbocycles.